The normalized spacial score (nSPS) is 14.2. The van der Waals surface area contributed by atoms with E-state index in [0.717, 1.165) is 50.4 Å². The quantitative estimate of drug-likeness (QED) is 0.601. The number of benzene rings is 1. The Morgan fingerprint density at radius 3 is 2.56 bits per heavy atom. The first-order chi connectivity index (χ1) is 15.2. The number of allylic oxidation sites excluding steroid dienone is 5. The fraction of sp³-hybridized carbons (Fsp3) is 0.259. The van der Waals surface area contributed by atoms with Crippen molar-refractivity contribution in [3.8, 4) is 11.1 Å². The van der Waals surface area contributed by atoms with Crippen LogP contribution in [0.4, 0.5) is 0 Å². The number of rotatable bonds is 6. The Balaban J connectivity index is 1.98. The number of hydrogen-bond donors (Lipinski definition) is 3. The molecule has 166 valence electrons. The molecular weight excluding hydrogens is 398 g/mol. The van der Waals surface area contributed by atoms with Crippen LogP contribution in [-0.2, 0) is 6.61 Å². The molecule has 32 heavy (non-hydrogen) atoms. The van der Waals surface area contributed by atoms with E-state index in [1.807, 2.05) is 52.8 Å². The largest absolute Gasteiger partial charge is 0.390 e. The number of carbonyl (C=O) groups is 1. The number of amides is 1. The Hall–Kier alpha value is -3.44. The molecule has 5 nitrogen and oxygen atoms in total. The number of pyridine rings is 1. The van der Waals surface area contributed by atoms with Crippen molar-refractivity contribution in [1.82, 2.24) is 15.6 Å². The van der Waals surface area contributed by atoms with Gasteiger partial charge in [0.1, 0.15) is 0 Å². The van der Waals surface area contributed by atoms with Gasteiger partial charge in [0, 0.05) is 35.3 Å². The number of aromatic nitrogens is 1. The summed E-state index contributed by atoms with van der Waals surface area (Å²) in [6.45, 7) is 14.4. The zero-order valence-corrected chi connectivity index (χ0v) is 19.5. The predicted octanol–water partition coefficient (Wildman–Crippen LogP) is 5.04. The third-order valence-corrected chi connectivity index (χ3v) is 5.77. The van der Waals surface area contributed by atoms with Crippen molar-refractivity contribution in [3.05, 3.63) is 94.1 Å². The fourth-order valence-corrected chi connectivity index (χ4v) is 4.00. The van der Waals surface area contributed by atoms with Crippen molar-refractivity contribution in [2.75, 3.05) is 6.54 Å². The Bertz CT molecular complexity index is 1150. The van der Waals surface area contributed by atoms with E-state index in [1.165, 1.54) is 0 Å². The molecule has 3 N–H and O–H groups in total. The minimum Gasteiger partial charge on any atom is -0.390 e. The lowest BCUT2D eigenvalue weighted by atomic mass is 9.91. The molecule has 1 aliphatic heterocycles. The lowest BCUT2D eigenvalue weighted by molar-refractivity contribution is 0.0957. The second-order valence-electron chi connectivity index (χ2n) is 8.16. The molecule has 3 rings (SSSR count). The van der Waals surface area contributed by atoms with Gasteiger partial charge in [0.05, 0.1) is 12.3 Å². The van der Waals surface area contributed by atoms with E-state index in [-0.39, 0.29) is 12.5 Å². The fourth-order valence-electron chi connectivity index (χ4n) is 4.00. The number of aryl methyl sites for hydroxylation is 1. The second kappa shape index (κ2) is 9.79. The Labute approximate surface area is 190 Å². The summed E-state index contributed by atoms with van der Waals surface area (Å²) in [4.78, 5) is 17.6. The van der Waals surface area contributed by atoms with Gasteiger partial charge in [-0.15, -0.1) is 0 Å². The Morgan fingerprint density at radius 1 is 1.22 bits per heavy atom. The van der Waals surface area contributed by atoms with Gasteiger partial charge in [0.25, 0.3) is 5.91 Å². The molecule has 0 saturated heterocycles. The lowest BCUT2D eigenvalue weighted by Gasteiger charge is -2.22. The number of nitrogens with zero attached hydrogens (tertiary/aromatic N) is 1. The third-order valence-electron chi connectivity index (χ3n) is 5.77. The maximum absolute atomic E-state index is 13.4. The van der Waals surface area contributed by atoms with Crippen LogP contribution in [0.25, 0.3) is 16.7 Å². The van der Waals surface area contributed by atoms with Gasteiger partial charge in [-0.2, -0.15) is 0 Å². The molecule has 2 aromatic rings. The summed E-state index contributed by atoms with van der Waals surface area (Å²) in [7, 11) is 0. The number of dihydropyridines is 1. The van der Waals surface area contributed by atoms with Crippen LogP contribution < -0.4 is 10.6 Å². The second-order valence-corrected chi connectivity index (χ2v) is 8.16. The molecule has 1 aromatic heterocycles. The Kier molecular flexibility index (Phi) is 7.11. The lowest BCUT2D eigenvalue weighted by Crippen LogP contribution is -2.30. The highest BCUT2D eigenvalue weighted by Gasteiger charge is 2.19. The molecule has 0 radical (unpaired) electrons. The van der Waals surface area contributed by atoms with Crippen molar-refractivity contribution < 1.29 is 9.90 Å². The van der Waals surface area contributed by atoms with E-state index >= 15 is 0 Å². The van der Waals surface area contributed by atoms with Crippen LogP contribution in [0.15, 0.2) is 71.7 Å². The summed E-state index contributed by atoms with van der Waals surface area (Å²) in [5, 5.41) is 15.6. The van der Waals surface area contributed by atoms with Crippen LogP contribution in [0.3, 0.4) is 0 Å². The smallest absolute Gasteiger partial charge is 0.252 e. The average Bonchev–Trinajstić information content (AvgIpc) is 2.77. The third kappa shape index (κ3) is 4.89. The van der Waals surface area contributed by atoms with Crippen LogP contribution in [0.5, 0.6) is 0 Å². The van der Waals surface area contributed by atoms with Crippen LogP contribution in [0.2, 0.25) is 0 Å². The molecule has 0 unspecified atom stereocenters. The molecule has 1 aromatic carbocycles. The van der Waals surface area contributed by atoms with Gasteiger partial charge < -0.3 is 15.7 Å². The van der Waals surface area contributed by atoms with Gasteiger partial charge in [0.15, 0.2) is 0 Å². The van der Waals surface area contributed by atoms with E-state index < -0.39 is 0 Å². The van der Waals surface area contributed by atoms with E-state index in [0.29, 0.717) is 17.8 Å². The average molecular weight is 430 g/mol. The van der Waals surface area contributed by atoms with Crippen LogP contribution in [0.1, 0.15) is 54.9 Å². The van der Waals surface area contributed by atoms with Crippen molar-refractivity contribution >= 4 is 11.5 Å². The van der Waals surface area contributed by atoms with Gasteiger partial charge in [0.2, 0.25) is 0 Å². The predicted molar refractivity (Wildman–Crippen MR) is 131 cm³/mol. The summed E-state index contributed by atoms with van der Waals surface area (Å²) >= 11 is 0. The SMILES string of the molecule is C=C1NC(C)=CC(C)=C1CNC(=O)c1cc(-c2ccc(CO)nc2)cc(C)c1/C(C)=C\C. The summed E-state index contributed by atoms with van der Waals surface area (Å²) in [6, 6.07) is 7.70. The highest BCUT2D eigenvalue weighted by Crippen LogP contribution is 2.30. The summed E-state index contributed by atoms with van der Waals surface area (Å²) in [6.07, 6.45) is 5.80. The molecule has 0 spiro atoms. The summed E-state index contributed by atoms with van der Waals surface area (Å²) in [5.41, 5.74) is 9.99. The number of carbonyl (C=O) groups excluding carboxylic acids is 1. The standard InChI is InChI=1S/C27H31N3O2/c1-7-16(2)26-18(4)11-22(21-8-9-23(15-31)28-13-21)12-24(26)27(32)29-14-25-17(3)10-19(5)30-20(25)6/h7-13,30-31H,6,14-15H2,1-5H3,(H,29,32)/b16-7-. The molecule has 1 aliphatic rings. The van der Waals surface area contributed by atoms with Crippen LogP contribution in [0, 0.1) is 6.92 Å². The summed E-state index contributed by atoms with van der Waals surface area (Å²) < 4.78 is 0. The van der Waals surface area contributed by atoms with E-state index in [1.54, 1.807) is 12.3 Å². The van der Waals surface area contributed by atoms with Crippen molar-refractivity contribution in [1.29, 1.82) is 0 Å². The molecule has 0 bridgehead atoms. The van der Waals surface area contributed by atoms with E-state index in [9.17, 15) is 9.90 Å². The zero-order chi connectivity index (χ0) is 23.4. The molecule has 0 fully saturated rings. The van der Waals surface area contributed by atoms with Gasteiger partial charge >= 0.3 is 0 Å². The molecule has 0 aliphatic carbocycles. The number of aliphatic hydroxyl groups excluding tert-OH is 1. The molecule has 0 saturated carbocycles. The molecule has 5 heteroatoms. The number of hydrogen-bond acceptors (Lipinski definition) is 4. The van der Waals surface area contributed by atoms with Gasteiger partial charge in [-0.05, 0) is 86.2 Å². The maximum Gasteiger partial charge on any atom is 0.252 e. The first-order valence-electron chi connectivity index (χ1n) is 10.7. The molecule has 1 amide bonds. The number of aliphatic hydroxyl groups is 1. The molecule has 0 atom stereocenters. The van der Waals surface area contributed by atoms with Gasteiger partial charge in [-0.3, -0.25) is 9.78 Å². The van der Waals surface area contributed by atoms with Crippen molar-refractivity contribution in [3.63, 3.8) is 0 Å². The monoisotopic (exact) mass is 429 g/mol. The molecule has 2 heterocycles. The maximum atomic E-state index is 13.4. The first kappa shape index (κ1) is 23.2. The van der Waals surface area contributed by atoms with Crippen molar-refractivity contribution in [2.45, 2.75) is 41.2 Å². The first-order valence-corrected chi connectivity index (χ1v) is 10.7. The minimum absolute atomic E-state index is 0.101. The summed E-state index contributed by atoms with van der Waals surface area (Å²) in [5.74, 6) is -0.134. The van der Waals surface area contributed by atoms with Crippen LogP contribution in [-0.4, -0.2) is 22.5 Å². The highest BCUT2D eigenvalue weighted by molar-refractivity contribution is 6.01. The molecular formula is C27H31N3O2. The van der Waals surface area contributed by atoms with Gasteiger partial charge in [-0.25, -0.2) is 0 Å². The van der Waals surface area contributed by atoms with Gasteiger partial charge in [-0.1, -0.05) is 24.8 Å². The van der Waals surface area contributed by atoms with Crippen molar-refractivity contribution in [2.24, 2.45) is 0 Å². The Morgan fingerprint density at radius 2 is 1.97 bits per heavy atom. The van der Waals surface area contributed by atoms with Crippen LogP contribution >= 0.6 is 0 Å². The van der Waals surface area contributed by atoms with E-state index in [2.05, 4.69) is 34.3 Å². The highest BCUT2D eigenvalue weighted by atomic mass is 16.3. The topological polar surface area (TPSA) is 74.2 Å². The van der Waals surface area contributed by atoms with E-state index in [4.69, 9.17) is 0 Å². The minimum atomic E-state index is -0.134. The zero-order valence-electron chi connectivity index (χ0n) is 19.5. The number of nitrogens with one attached hydrogen (secondary N) is 2.